The molecule has 2 heterocycles. The van der Waals surface area contributed by atoms with Crippen LogP contribution in [0.25, 0.3) is 21.7 Å². The molecule has 5 rings (SSSR count). The molecule has 1 amide bonds. The van der Waals surface area contributed by atoms with Gasteiger partial charge in [0.1, 0.15) is 5.82 Å². The summed E-state index contributed by atoms with van der Waals surface area (Å²) in [6.07, 6.45) is 1.61. The van der Waals surface area contributed by atoms with E-state index in [1.54, 1.807) is 24.4 Å². The van der Waals surface area contributed by atoms with Gasteiger partial charge in [-0.15, -0.1) is 0 Å². The third-order valence-corrected chi connectivity index (χ3v) is 5.31. The smallest absolute Gasteiger partial charge is 0.256 e. The fourth-order valence-corrected chi connectivity index (χ4v) is 3.70. The third-order valence-electron chi connectivity index (χ3n) is 5.31. The Morgan fingerprint density at radius 2 is 1.69 bits per heavy atom. The zero-order valence-corrected chi connectivity index (χ0v) is 17.1. The van der Waals surface area contributed by atoms with Crippen molar-refractivity contribution in [3.63, 3.8) is 0 Å². The molecule has 0 saturated heterocycles. The van der Waals surface area contributed by atoms with Crippen LogP contribution in [0.5, 0.6) is 0 Å². The number of aromatic nitrogens is 2. The minimum absolute atomic E-state index is 0.194. The van der Waals surface area contributed by atoms with Crippen molar-refractivity contribution in [2.75, 3.05) is 10.6 Å². The van der Waals surface area contributed by atoms with Crippen molar-refractivity contribution in [1.29, 1.82) is 0 Å². The van der Waals surface area contributed by atoms with Gasteiger partial charge in [-0.05, 0) is 41.3 Å². The van der Waals surface area contributed by atoms with Crippen molar-refractivity contribution in [2.24, 2.45) is 0 Å². The van der Waals surface area contributed by atoms with Crippen molar-refractivity contribution in [1.82, 2.24) is 9.97 Å². The highest BCUT2D eigenvalue weighted by Crippen LogP contribution is 2.23. The Kier molecular flexibility index (Phi) is 5.09. The molecule has 32 heavy (non-hydrogen) atoms. The molecule has 6 nitrogen and oxygen atoms in total. The van der Waals surface area contributed by atoms with Crippen LogP contribution in [-0.2, 0) is 6.54 Å². The standard InChI is InChI=1S/C26H20N4O2/c31-25-21-14-19(11-10-18(21)12-13-27-25)29-26(32)22-15-24(28-16-17-6-2-1-3-7-17)30-23-9-5-4-8-20(22)23/h1-15H,16H2,(H,27,31)(H,28,30)(H,29,32). The molecule has 3 N–H and O–H groups in total. The number of hydrogen-bond acceptors (Lipinski definition) is 4. The van der Waals surface area contributed by atoms with Gasteiger partial charge >= 0.3 is 0 Å². The summed E-state index contributed by atoms with van der Waals surface area (Å²) in [4.78, 5) is 32.7. The number of aromatic amines is 1. The van der Waals surface area contributed by atoms with Crippen molar-refractivity contribution >= 4 is 39.1 Å². The molecule has 3 aromatic carbocycles. The minimum Gasteiger partial charge on any atom is -0.366 e. The molecule has 0 fully saturated rings. The third kappa shape index (κ3) is 3.94. The zero-order valence-electron chi connectivity index (χ0n) is 17.1. The van der Waals surface area contributed by atoms with Crippen LogP contribution in [0.2, 0.25) is 0 Å². The van der Waals surface area contributed by atoms with E-state index in [2.05, 4.69) is 20.6 Å². The molecule has 0 spiro atoms. The van der Waals surface area contributed by atoms with E-state index in [-0.39, 0.29) is 11.5 Å². The summed E-state index contributed by atoms with van der Waals surface area (Å²) in [5.41, 5.74) is 2.72. The molecule has 0 atom stereocenters. The van der Waals surface area contributed by atoms with E-state index in [1.165, 1.54) is 0 Å². The van der Waals surface area contributed by atoms with Gasteiger partial charge in [0.05, 0.1) is 11.1 Å². The monoisotopic (exact) mass is 420 g/mol. The number of hydrogen-bond donors (Lipinski definition) is 3. The minimum atomic E-state index is -0.266. The van der Waals surface area contributed by atoms with Gasteiger partial charge in [-0.25, -0.2) is 4.98 Å². The summed E-state index contributed by atoms with van der Waals surface area (Å²) in [7, 11) is 0. The van der Waals surface area contributed by atoms with Crippen LogP contribution in [0.15, 0.2) is 95.9 Å². The van der Waals surface area contributed by atoms with Gasteiger partial charge in [0.2, 0.25) is 0 Å². The predicted octanol–water partition coefficient (Wildman–Crippen LogP) is 4.94. The van der Waals surface area contributed by atoms with Gasteiger partial charge < -0.3 is 15.6 Å². The largest absolute Gasteiger partial charge is 0.366 e. The molecular weight excluding hydrogens is 400 g/mol. The Labute approximate surface area is 184 Å². The van der Waals surface area contributed by atoms with Gasteiger partial charge in [0, 0.05) is 29.2 Å². The number of carbonyl (C=O) groups excluding carboxylic acids is 1. The number of nitrogens with zero attached hydrogens (tertiary/aromatic N) is 1. The second-order valence-electron chi connectivity index (χ2n) is 7.47. The SMILES string of the molecule is O=C(Nc1ccc2cc[nH]c(=O)c2c1)c1cc(NCc2ccccc2)nc2ccccc12. The van der Waals surface area contributed by atoms with Gasteiger partial charge in [-0.1, -0.05) is 54.6 Å². The molecule has 6 heteroatoms. The number of para-hydroxylation sites is 1. The topological polar surface area (TPSA) is 86.9 Å². The van der Waals surface area contributed by atoms with Crippen molar-refractivity contribution in [3.8, 4) is 0 Å². The fraction of sp³-hybridized carbons (Fsp3) is 0.0385. The lowest BCUT2D eigenvalue weighted by Gasteiger charge is -2.12. The molecule has 0 radical (unpaired) electrons. The van der Waals surface area contributed by atoms with Gasteiger partial charge in [0.25, 0.3) is 11.5 Å². The Bertz CT molecular complexity index is 1490. The molecule has 0 saturated carbocycles. The number of anilines is 2. The normalized spacial score (nSPS) is 10.9. The maximum Gasteiger partial charge on any atom is 0.256 e. The maximum absolute atomic E-state index is 13.2. The lowest BCUT2D eigenvalue weighted by molar-refractivity contribution is 0.102. The molecule has 2 aromatic heterocycles. The van der Waals surface area contributed by atoms with Crippen LogP contribution in [0, 0.1) is 0 Å². The number of rotatable bonds is 5. The van der Waals surface area contributed by atoms with E-state index >= 15 is 0 Å². The number of pyridine rings is 2. The number of nitrogens with one attached hydrogen (secondary N) is 3. The van der Waals surface area contributed by atoms with E-state index in [1.807, 2.05) is 66.7 Å². The zero-order chi connectivity index (χ0) is 21.9. The highest BCUT2D eigenvalue weighted by molar-refractivity contribution is 6.13. The molecule has 5 aromatic rings. The predicted molar refractivity (Wildman–Crippen MR) is 128 cm³/mol. The first-order chi connectivity index (χ1) is 15.7. The van der Waals surface area contributed by atoms with Gasteiger partial charge in [0.15, 0.2) is 0 Å². The number of carbonyl (C=O) groups is 1. The van der Waals surface area contributed by atoms with Crippen molar-refractivity contribution in [2.45, 2.75) is 6.54 Å². The number of amides is 1. The van der Waals surface area contributed by atoms with E-state index < -0.39 is 0 Å². The van der Waals surface area contributed by atoms with Crippen LogP contribution in [0.4, 0.5) is 11.5 Å². The average Bonchev–Trinajstić information content (AvgIpc) is 2.83. The van der Waals surface area contributed by atoms with Crippen LogP contribution in [0.1, 0.15) is 15.9 Å². The molecule has 156 valence electrons. The lowest BCUT2D eigenvalue weighted by atomic mass is 10.1. The summed E-state index contributed by atoms with van der Waals surface area (Å²) < 4.78 is 0. The highest BCUT2D eigenvalue weighted by atomic mass is 16.1. The van der Waals surface area contributed by atoms with E-state index in [4.69, 9.17) is 0 Å². The molecule has 0 aliphatic carbocycles. The lowest BCUT2D eigenvalue weighted by Crippen LogP contribution is -2.14. The first kappa shape index (κ1) is 19.5. The van der Waals surface area contributed by atoms with Gasteiger partial charge in [-0.2, -0.15) is 0 Å². The summed E-state index contributed by atoms with van der Waals surface area (Å²) in [6, 6.07) is 26.4. The van der Waals surface area contributed by atoms with Crippen LogP contribution >= 0.6 is 0 Å². The van der Waals surface area contributed by atoms with Crippen LogP contribution in [0.3, 0.4) is 0 Å². The summed E-state index contributed by atoms with van der Waals surface area (Å²) >= 11 is 0. The number of benzene rings is 3. The molecule has 0 bridgehead atoms. The van der Waals surface area contributed by atoms with E-state index in [0.29, 0.717) is 29.0 Å². The van der Waals surface area contributed by atoms with Crippen LogP contribution < -0.4 is 16.2 Å². The summed E-state index contributed by atoms with van der Waals surface area (Å²) in [5.74, 6) is 0.353. The number of H-pyrrole nitrogens is 1. The first-order valence-electron chi connectivity index (χ1n) is 10.3. The molecule has 0 aliphatic heterocycles. The van der Waals surface area contributed by atoms with Crippen molar-refractivity contribution in [3.05, 3.63) is 113 Å². The fourth-order valence-electron chi connectivity index (χ4n) is 3.70. The Hall–Kier alpha value is -4.45. The second kappa shape index (κ2) is 8.35. The average molecular weight is 420 g/mol. The summed E-state index contributed by atoms with van der Waals surface area (Å²) in [6.45, 7) is 0.598. The van der Waals surface area contributed by atoms with Crippen LogP contribution in [-0.4, -0.2) is 15.9 Å². The highest BCUT2D eigenvalue weighted by Gasteiger charge is 2.14. The first-order valence-corrected chi connectivity index (χ1v) is 10.3. The van der Waals surface area contributed by atoms with Gasteiger partial charge in [-0.3, -0.25) is 9.59 Å². The molecule has 0 unspecified atom stereocenters. The van der Waals surface area contributed by atoms with Crippen molar-refractivity contribution < 1.29 is 4.79 Å². The Morgan fingerprint density at radius 1 is 0.875 bits per heavy atom. The Morgan fingerprint density at radius 3 is 2.56 bits per heavy atom. The number of fused-ring (bicyclic) bond motifs is 2. The molecular formula is C26H20N4O2. The summed E-state index contributed by atoms with van der Waals surface area (Å²) in [5, 5.41) is 8.33. The maximum atomic E-state index is 13.2. The van der Waals surface area contributed by atoms with E-state index in [9.17, 15) is 9.59 Å². The quantitative estimate of drug-likeness (QED) is 0.376. The van der Waals surface area contributed by atoms with E-state index in [0.717, 1.165) is 21.9 Å². The second-order valence-corrected chi connectivity index (χ2v) is 7.47. The Balaban J connectivity index is 1.47. The molecule has 0 aliphatic rings.